The van der Waals surface area contributed by atoms with E-state index in [1.54, 1.807) is 12.4 Å². The molecule has 0 bridgehead atoms. The Morgan fingerprint density at radius 2 is 2.03 bits per heavy atom. The fourth-order valence-electron chi connectivity index (χ4n) is 4.40. The summed E-state index contributed by atoms with van der Waals surface area (Å²) in [4.78, 5) is 23.4. The summed E-state index contributed by atoms with van der Waals surface area (Å²) in [6.07, 6.45) is 8.63. The van der Waals surface area contributed by atoms with Crippen molar-refractivity contribution in [2.75, 3.05) is 13.1 Å². The van der Waals surface area contributed by atoms with Crippen molar-refractivity contribution in [3.8, 4) is 11.5 Å². The van der Waals surface area contributed by atoms with E-state index in [0.29, 0.717) is 18.2 Å². The van der Waals surface area contributed by atoms with Gasteiger partial charge in [-0.3, -0.25) is 14.5 Å². The van der Waals surface area contributed by atoms with E-state index in [1.165, 1.54) is 5.56 Å². The molecule has 1 unspecified atom stereocenters. The quantitative estimate of drug-likeness (QED) is 0.580. The third kappa shape index (κ3) is 5.00. The van der Waals surface area contributed by atoms with Gasteiger partial charge in [0.05, 0.1) is 5.69 Å². The van der Waals surface area contributed by atoms with Crippen LogP contribution < -0.4 is 0 Å². The van der Waals surface area contributed by atoms with Gasteiger partial charge in [0.15, 0.2) is 5.82 Å². The van der Waals surface area contributed by atoms with Gasteiger partial charge in [-0.15, -0.1) is 0 Å². The molecule has 0 aliphatic carbocycles. The van der Waals surface area contributed by atoms with Crippen molar-refractivity contribution < 1.29 is 9.32 Å². The predicted octanol–water partition coefficient (Wildman–Crippen LogP) is 3.29. The largest absolute Gasteiger partial charge is 0.342 e. The second kappa shape index (κ2) is 9.41. The van der Waals surface area contributed by atoms with Gasteiger partial charge in [0.25, 0.3) is 5.89 Å². The van der Waals surface area contributed by atoms with Gasteiger partial charge < -0.3 is 9.42 Å². The third-order valence-corrected chi connectivity index (χ3v) is 6.29. The number of piperidine rings is 1. The number of nitrogens with zero attached hydrogens (tertiary/aromatic N) is 6. The zero-order chi connectivity index (χ0) is 21.8. The van der Waals surface area contributed by atoms with Crippen molar-refractivity contribution in [1.82, 2.24) is 29.8 Å². The van der Waals surface area contributed by atoms with Gasteiger partial charge in [-0.1, -0.05) is 5.16 Å². The van der Waals surface area contributed by atoms with E-state index in [2.05, 4.69) is 27.1 Å². The molecule has 3 aromatic rings. The predicted molar refractivity (Wildman–Crippen MR) is 116 cm³/mol. The van der Waals surface area contributed by atoms with Crippen LogP contribution in [0.1, 0.15) is 48.5 Å². The summed E-state index contributed by atoms with van der Waals surface area (Å²) in [6, 6.07) is 3.72. The highest BCUT2D eigenvalue weighted by molar-refractivity contribution is 5.76. The lowest BCUT2D eigenvalue weighted by Crippen LogP contribution is -2.40. The highest BCUT2D eigenvalue weighted by Crippen LogP contribution is 2.23. The molecule has 1 fully saturated rings. The van der Waals surface area contributed by atoms with Gasteiger partial charge in [0, 0.05) is 56.6 Å². The molecule has 0 N–H and O–H groups in total. The smallest absolute Gasteiger partial charge is 0.258 e. The molecule has 1 amide bonds. The molecule has 8 heteroatoms. The first kappa shape index (κ1) is 21.2. The summed E-state index contributed by atoms with van der Waals surface area (Å²) in [5.41, 5.74) is 4.25. The van der Waals surface area contributed by atoms with Gasteiger partial charge in [0.1, 0.15) is 0 Å². The second-order valence-corrected chi connectivity index (χ2v) is 8.41. The molecule has 0 radical (unpaired) electrons. The van der Waals surface area contributed by atoms with Crippen LogP contribution >= 0.6 is 0 Å². The van der Waals surface area contributed by atoms with E-state index in [0.717, 1.165) is 68.0 Å². The number of likely N-dealkylation sites (tertiary alicyclic amines) is 1. The summed E-state index contributed by atoms with van der Waals surface area (Å²) in [5, 5.41) is 8.57. The molecular weight excluding hydrogens is 392 g/mol. The van der Waals surface area contributed by atoms with Crippen LogP contribution in [0.25, 0.3) is 11.5 Å². The first-order chi connectivity index (χ1) is 15.0. The number of carbonyl (C=O) groups excluding carboxylic acids is 1. The van der Waals surface area contributed by atoms with E-state index in [9.17, 15) is 4.79 Å². The van der Waals surface area contributed by atoms with Crippen molar-refractivity contribution in [3.63, 3.8) is 0 Å². The highest BCUT2D eigenvalue weighted by atomic mass is 16.5. The molecule has 1 aliphatic heterocycles. The molecular formula is C23H30N6O2. The summed E-state index contributed by atoms with van der Waals surface area (Å²) >= 11 is 0. The van der Waals surface area contributed by atoms with Gasteiger partial charge in [0.2, 0.25) is 5.91 Å². The van der Waals surface area contributed by atoms with E-state index in [-0.39, 0.29) is 5.91 Å². The van der Waals surface area contributed by atoms with Gasteiger partial charge >= 0.3 is 0 Å². The molecule has 1 saturated heterocycles. The normalized spacial score (nSPS) is 16.6. The average Bonchev–Trinajstić information content (AvgIpc) is 3.36. The summed E-state index contributed by atoms with van der Waals surface area (Å²) in [5.74, 6) is 1.96. The molecule has 0 aromatic carbocycles. The molecule has 1 aliphatic rings. The van der Waals surface area contributed by atoms with Crippen molar-refractivity contribution in [2.24, 2.45) is 13.0 Å². The molecule has 3 aromatic heterocycles. The minimum absolute atomic E-state index is 0.242. The van der Waals surface area contributed by atoms with Crippen molar-refractivity contribution in [1.29, 1.82) is 0 Å². The fourth-order valence-corrected chi connectivity index (χ4v) is 4.40. The van der Waals surface area contributed by atoms with Gasteiger partial charge in [-0.05, 0) is 63.1 Å². The molecule has 4 heterocycles. The van der Waals surface area contributed by atoms with Crippen molar-refractivity contribution in [2.45, 2.75) is 52.4 Å². The molecule has 0 saturated carbocycles. The Bertz CT molecular complexity index is 1030. The van der Waals surface area contributed by atoms with Crippen molar-refractivity contribution >= 4 is 5.91 Å². The lowest BCUT2D eigenvalue weighted by Gasteiger charge is -2.32. The van der Waals surface area contributed by atoms with Crippen LogP contribution in [0.2, 0.25) is 0 Å². The Morgan fingerprint density at radius 3 is 2.77 bits per heavy atom. The maximum atomic E-state index is 12.8. The first-order valence-electron chi connectivity index (χ1n) is 11.0. The average molecular weight is 423 g/mol. The zero-order valence-electron chi connectivity index (χ0n) is 18.5. The number of carbonyl (C=O) groups is 1. The van der Waals surface area contributed by atoms with Crippen LogP contribution in [-0.4, -0.2) is 48.8 Å². The minimum atomic E-state index is 0.242. The summed E-state index contributed by atoms with van der Waals surface area (Å²) < 4.78 is 7.28. The van der Waals surface area contributed by atoms with Crippen LogP contribution in [0.3, 0.4) is 0 Å². The maximum Gasteiger partial charge on any atom is 0.258 e. The number of aromatic nitrogens is 5. The third-order valence-electron chi connectivity index (χ3n) is 6.29. The minimum Gasteiger partial charge on any atom is -0.342 e. The van der Waals surface area contributed by atoms with Gasteiger partial charge in [-0.2, -0.15) is 10.1 Å². The van der Waals surface area contributed by atoms with Crippen LogP contribution in [0.4, 0.5) is 0 Å². The van der Waals surface area contributed by atoms with Crippen LogP contribution in [0, 0.1) is 19.8 Å². The fraction of sp³-hybridized carbons (Fsp3) is 0.522. The van der Waals surface area contributed by atoms with Crippen LogP contribution in [0.15, 0.2) is 29.0 Å². The molecule has 1 atom stereocenters. The van der Waals surface area contributed by atoms with E-state index in [1.807, 2.05) is 35.7 Å². The molecule has 31 heavy (non-hydrogen) atoms. The Kier molecular flexibility index (Phi) is 6.44. The van der Waals surface area contributed by atoms with Crippen LogP contribution in [0.5, 0.6) is 0 Å². The maximum absolute atomic E-state index is 12.8. The van der Waals surface area contributed by atoms with Crippen molar-refractivity contribution in [3.05, 3.63) is 47.3 Å². The number of hydrogen-bond acceptors (Lipinski definition) is 6. The van der Waals surface area contributed by atoms with E-state index >= 15 is 0 Å². The molecule has 164 valence electrons. The second-order valence-electron chi connectivity index (χ2n) is 8.41. The molecule has 0 spiro atoms. The number of hydrogen-bond donors (Lipinski definition) is 0. The first-order valence-corrected chi connectivity index (χ1v) is 11.0. The number of amides is 1. The number of pyridine rings is 1. The molecule has 8 nitrogen and oxygen atoms in total. The highest BCUT2D eigenvalue weighted by Gasteiger charge is 2.24. The van der Waals surface area contributed by atoms with Gasteiger partial charge in [-0.25, -0.2) is 0 Å². The van der Waals surface area contributed by atoms with Crippen LogP contribution in [-0.2, 0) is 24.7 Å². The zero-order valence-corrected chi connectivity index (χ0v) is 18.5. The summed E-state index contributed by atoms with van der Waals surface area (Å²) in [7, 11) is 1.95. The monoisotopic (exact) mass is 422 g/mol. The summed E-state index contributed by atoms with van der Waals surface area (Å²) in [6.45, 7) is 5.75. The Labute approximate surface area is 182 Å². The van der Waals surface area contributed by atoms with E-state index in [4.69, 9.17) is 4.52 Å². The standard InChI is InChI=1S/C23H30N6O2/c1-16-20(17(2)28(3)26-16)7-9-22(30)29-14-4-5-18(15-29)6-8-21-25-23(31-27-21)19-10-12-24-13-11-19/h10-13,18H,4-9,14-15H2,1-3H3. The Hall–Kier alpha value is -3.03. The Balaban J connectivity index is 1.27. The Morgan fingerprint density at radius 1 is 1.23 bits per heavy atom. The number of rotatable bonds is 7. The van der Waals surface area contributed by atoms with E-state index < -0.39 is 0 Å². The lowest BCUT2D eigenvalue weighted by molar-refractivity contribution is -0.133. The number of aryl methyl sites for hydroxylation is 3. The molecule has 4 rings (SSSR count). The lowest BCUT2D eigenvalue weighted by atomic mass is 9.93. The SMILES string of the molecule is Cc1nn(C)c(C)c1CCC(=O)N1CCCC(CCc2noc(-c3ccncc3)n2)C1. The topological polar surface area (TPSA) is 89.9 Å².